The number of benzene rings is 1. The molecule has 1 aromatic carbocycles. The fraction of sp³-hybridized carbons (Fsp3) is 0.333. The van der Waals surface area contributed by atoms with Crippen LogP contribution in [0, 0.1) is 0 Å². The zero-order valence-corrected chi connectivity index (χ0v) is 6.95. The van der Waals surface area contributed by atoms with Gasteiger partial charge in [-0.05, 0) is 11.6 Å². The van der Waals surface area contributed by atoms with Gasteiger partial charge in [-0.15, -0.1) is 0 Å². The zero-order chi connectivity index (χ0) is 9.84. The molecule has 0 saturated heterocycles. The number of aliphatic hydroxyl groups is 1. The first-order chi connectivity index (χ1) is 6.15. The minimum absolute atomic E-state index is 0.0681. The Morgan fingerprint density at radius 1 is 1.31 bits per heavy atom. The normalized spacial score (nSPS) is 13.3. The quantitative estimate of drug-likeness (QED) is 0.755. The maximum absolute atomic E-state index is 12.2. The summed E-state index contributed by atoms with van der Waals surface area (Å²) in [6, 6.07) is 5.18. The van der Waals surface area contributed by atoms with E-state index in [1.165, 1.54) is 18.2 Å². The summed E-state index contributed by atoms with van der Waals surface area (Å²) in [6.07, 6.45) is -2.49. The number of nitrogens with two attached hydrogens (primary N) is 1. The van der Waals surface area contributed by atoms with Crippen LogP contribution in [0.25, 0.3) is 0 Å². The molecule has 1 rings (SSSR count). The molecule has 0 aliphatic heterocycles. The van der Waals surface area contributed by atoms with Crippen LogP contribution in [0.4, 0.5) is 8.78 Å². The van der Waals surface area contributed by atoms with Gasteiger partial charge >= 0.3 is 0 Å². The van der Waals surface area contributed by atoms with Crippen LogP contribution in [0.5, 0.6) is 0 Å². The molecule has 0 spiro atoms. The van der Waals surface area contributed by atoms with Crippen molar-refractivity contribution in [1.82, 2.24) is 0 Å². The van der Waals surface area contributed by atoms with Gasteiger partial charge in [0.1, 0.15) is 0 Å². The smallest absolute Gasteiger partial charge is 0.263 e. The molecule has 0 aliphatic carbocycles. The average molecular weight is 187 g/mol. The Balaban J connectivity index is 2.91. The van der Waals surface area contributed by atoms with Gasteiger partial charge < -0.3 is 10.8 Å². The lowest BCUT2D eigenvalue weighted by Gasteiger charge is -2.09. The minimum atomic E-state index is -2.49. The summed E-state index contributed by atoms with van der Waals surface area (Å²) in [5.74, 6) is 0. The van der Waals surface area contributed by atoms with E-state index < -0.39 is 12.5 Å². The van der Waals surface area contributed by atoms with Crippen LogP contribution < -0.4 is 5.73 Å². The van der Waals surface area contributed by atoms with Gasteiger partial charge in [-0.1, -0.05) is 18.2 Å². The topological polar surface area (TPSA) is 46.2 Å². The number of rotatable bonds is 3. The molecule has 13 heavy (non-hydrogen) atoms. The Hall–Kier alpha value is -1.00. The highest BCUT2D eigenvalue weighted by Crippen LogP contribution is 2.21. The molecule has 0 aromatic heterocycles. The predicted molar refractivity (Wildman–Crippen MR) is 45.4 cm³/mol. The fourth-order valence-electron chi connectivity index (χ4n) is 1.03. The highest BCUT2D eigenvalue weighted by atomic mass is 19.3. The van der Waals surface area contributed by atoms with Gasteiger partial charge in [0.25, 0.3) is 6.43 Å². The van der Waals surface area contributed by atoms with Gasteiger partial charge in [0.2, 0.25) is 0 Å². The molecule has 2 nitrogen and oxygen atoms in total. The summed E-state index contributed by atoms with van der Waals surface area (Å²) < 4.78 is 24.4. The standard InChI is InChI=1S/C9H11F2NO/c10-9(11)7-3-1-2-6(4-7)8(12)5-13/h1-4,8-9,13H,5,12H2/t8-/m1/s1. The zero-order valence-electron chi connectivity index (χ0n) is 6.95. The lowest BCUT2D eigenvalue weighted by Crippen LogP contribution is -2.14. The summed E-state index contributed by atoms with van der Waals surface area (Å²) in [6.45, 7) is -0.243. The van der Waals surface area contributed by atoms with Gasteiger partial charge in [0.05, 0.1) is 12.6 Å². The maximum atomic E-state index is 12.2. The van der Waals surface area contributed by atoms with Crippen molar-refractivity contribution >= 4 is 0 Å². The Morgan fingerprint density at radius 3 is 2.46 bits per heavy atom. The van der Waals surface area contributed by atoms with Crippen LogP contribution in [0.1, 0.15) is 23.6 Å². The highest BCUT2D eigenvalue weighted by molar-refractivity contribution is 5.26. The van der Waals surface area contributed by atoms with Crippen molar-refractivity contribution in [3.8, 4) is 0 Å². The monoisotopic (exact) mass is 187 g/mol. The summed E-state index contributed by atoms with van der Waals surface area (Å²) in [7, 11) is 0. The minimum Gasteiger partial charge on any atom is -0.394 e. The lowest BCUT2D eigenvalue weighted by atomic mass is 10.1. The van der Waals surface area contributed by atoms with Gasteiger partial charge in [-0.2, -0.15) is 0 Å². The molecule has 0 bridgehead atoms. The van der Waals surface area contributed by atoms with Crippen molar-refractivity contribution < 1.29 is 13.9 Å². The van der Waals surface area contributed by atoms with Crippen molar-refractivity contribution in [2.45, 2.75) is 12.5 Å². The Bertz CT molecular complexity index is 278. The summed E-state index contributed by atoms with van der Waals surface area (Å²) in [5.41, 5.74) is 5.93. The van der Waals surface area contributed by atoms with E-state index in [2.05, 4.69) is 0 Å². The third kappa shape index (κ3) is 2.47. The van der Waals surface area contributed by atoms with Crippen molar-refractivity contribution in [1.29, 1.82) is 0 Å². The van der Waals surface area contributed by atoms with E-state index in [0.717, 1.165) is 0 Å². The van der Waals surface area contributed by atoms with Crippen LogP contribution >= 0.6 is 0 Å². The van der Waals surface area contributed by atoms with Crippen molar-refractivity contribution in [2.75, 3.05) is 6.61 Å². The van der Waals surface area contributed by atoms with Crippen molar-refractivity contribution in [2.24, 2.45) is 5.73 Å². The fourth-order valence-corrected chi connectivity index (χ4v) is 1.03. The second-order valence-corrected chi connectivity index (χ2v) is 2.76. The molecule has 0 unspecified atom stereocenters. The molecule has 1 atom stereocenters. The first-order valence-corrected chi connectivity index (χ1v) is 3.89. The predicted octanol–water partition coefficient (Wildman–Crippen LogP) is 1.62. The molecular formula is C9H11F2NO. The molecule has 0 aliphatic rings. The van der Waals surface area contributed by atoms with E-state index in [4.69, 9.17) is 10.8 Å². The number of alkyl halides is 2. The molecule has 0 fully saturated rings. The Morgan fingerprint density at radius 2 is 1.92 bits per heavy atom. The Kier molecular flexibility index (Phi) is 3.33. The molecule has 0 radical (unpaired) electrons. The third-order valence-electron chi connectivity index (χ3n) is 1.79. The second kappa shape index (κ2) is 4.30. The van der Waals surface area contributed by atoms with Crippen molar-refractivity contribution in [3.05, 3.63) is 35.4 Å². The molecule has 0 saturated carbocycles. The Labute approximate surface area is 75.0 Å². The molecular weight excluding hydrogens is 176 g/mol. The average Bonchev–Trinajstić information content (AvgIpc) is 2.17. The first kappa shape index (κ1) is 10.1. The van der Waals surface area contributed by atoms with E-state index in [1.807, 2.05) is 0 Å². The summed E-state index contributed by atoms with van der Waals surface area (Å²) in [4.78, 5) is 0. The molecule has 4 heteroatoms. The third-order valence-corrected chi connectivity index (χ3v) is 1.79. The van der Waals surface area contributed by atoms with Crippen molar-refractivity contribution in [3.63, 3.8) is 0 Å². The molecule has 0 amide bonds. The molecule has 72 valence electrons. The lowest BCUT2D eigenvalue weighted by molar-refractivity contribution is 0.151. The van der Waals surface area contributed by atoms with E-state index in [-0.39, 0.29) is 12.2 Å². The van der Waals surface area contributed by atoms with Crippen LogP contribution in [0.2, 0.25) is 0 Å². The van der Waals surface area contributed by atoms with Gasteiger partial charge in [0.15, 0.2) is 0 Å². The number of halogens is 2. The molecule has 0 heterocycles. The number of aliphatic hydroxyl groups excluding tert-OH is 1. The van der Waals surface area contributed by atoms with E-state index >= 15 is 0 Å². The number of hydrogen-bond acceptors (Lipinski definition) is 2. The summed E-state index contributed by atoms with van der Waals surface area (Å²) >= 11 is 0. The van der Waals surface area contributed by atoms with E-state index in [1.54, 1.807) is 6.07 Å². The SMILES string of the molecule is N[C@H](CO)c1cccc(C(F)F)c1. The summed E-state index contributed by atoms with van der Waals surface area (Å²) in [5, 5.41) is 8.71. The first-order valence-electron chi connectivity index (χ1n) is 3.89. The van der Waals surface area contributed by atoms with E-state index in [9.17, 15) is 8.78 Å². The van der Waals surface area contributed by atoms with Crippen LogP contribution in [0.15, 0.2) is 24.3 Å². The maximum Gasteiger partial charge on any atom is 0.263 e. The van der Waals surface area contributed by atoms with Crippen LogP contribution in [-0.4, -0.2) is 11.7 Å². The van der Waals surface area contributed by atoms with E-state index in [0.29, 0.717) is 5.56 Å². The largest absolute Gasteiger partial charge is 0.394 e. The highest BCUT2D eigenvalue weighted by Gasteiger charge is 2.09. The number of hydrogen-bond donors (Lipinski definition) is 2. The van der Waals surface area contributed by atoms with Crippen LogP contribution in [-0.2, 0) is 0 Å². The van der Waals surface area contributed by atoms with Gasteiger partial charge in [0, 0.05) is 5.56 Å². The van der Waals surface area contributed by atoms with Crippen LogP contribution in [0.3, 0.4) is 0 Å². The molecule has 1 aromatic rings. The molecule has 3 N–H and O–H groups in total. The van der Waals surface area contributed by atoms with Gasteiger partial charge in [-0.3, -0.25) is 0 Å². The van der Waals surface area contributed by atoms with Gasteiger partial charge in [-0.25, -0.2) is 8.78 Å². The second-order valence-electron chi connectivity index (χ2n) is 2.76.